The molecule has 0 N–H and O–H groups in total. The van der Waals surface area contributed by atoms with Crippen LogP contribution in [-0.4, -0.2) is 11.5 Å². The van der Waals surface area contributed by atoms with Crippen molar-refractivity contribution >= 4 is 0 Å². The Bertz CT molecular complexity index is 725. The summed E-state index contributed by atoms with van der Waals surface area (Å²) < 4.78 is 11.7. The van der Waals surface area contributed by atoms with Gasteiger partial charge in [-0.25, -0.2) is 0 Å². The van der Waals surface area contributed by atoms with Crippen LogP contribution in [0.2, 0.25) is 0 Å². The van der Waals surface area contributed by atoms with Crippen LogP contribution >= 0.6 is 0 Å². The Morgan fingerprint density at radius 2 is 1.61 bits per heavy atom. The van der Waals surface area contributed by atoms with Gasteiger partial charge in [0, 0.05) is 6.54 Å². The van der Waals surface area contributed by atoms with Crippen molar-refractivity contribution in [2.45, 2.75) is 18.8 Å². The molecule has 23 heavy (non-hydrogen) atoms. The first-order valence-corrected chi connectivity index (χ1v) is 7.91. The molecule has 3 heteroatoms. The maximum atomic E-state index is 6.08. The summed E-state index contributed by atoms with van der Waals surface area (Å²) in [5.41, 5.74) is 2.55. The van der Waals surface area contributed by atoms with E-state index in [1.165, 1.54) is 11.1 Å². The zero-order chi connectivity index (χ0) is 15.5. The van der Waals surface area contributed by atoms with Gasteiger partial charge in [-0.15, -0.1) is 0 Å². The summed E-state index contributed by atoms with van der Waals surface area (Å²) in [4.78, 5) is 2.36. The molecule has 0 aliphatic carbocycles. The lowest BCUT2D eigenvalue weighted by Gasteiger charge is -2.27. The van der Waals surface area contributed by atoms with E-state index < -0.39 is 0 Å². The van der Waals surface area contributed by atoms with Crippen LogP contribution in [0, 0.1) is 0 Å². The van der Waals surface area contributed by atoms with E-state index in [-0.39, 0.29) is 12.3 Å². The van der Waals surface area contributed by atoms with Crippen molar-refractivity contribution in [3.8, 4) is 0 Å². The number of hydrogen-bond donors (Lipinski definition) is 0. The average molecular weight is 305 g/mol. The molecule has 1 fully saturated rings. The Kier molecular flexibility index (Phi) is 3.97. The van der Waals surface area contributed by atoms with Gasteiger partial charge in [-0.05, 0) is 23.3 Å². The monoisotopic (exact) mass is 305 g/mol. The van der Waals surface area contributed by atoms with Gasteiger partial charge in [-0.3, -0.25) is 4.90 Å². The standard InChI is InChI=1S/C20H19NO2/c1-3-8-16(9-4-1)14-21-18(17-10-5-2-6-11-17)15-23-20(21)19-12-7-13-22-19/h1-13,18,20H,14-15H2/t18-,20+/m0/s1. The number of benzene rings is 2. The molecule has 1 aromatic heterocycles. The fourth-order valence-electron chi connectivity index (χ4n) is 3.16. The predicted octanol–water partition coefficient (Wildman–Crippen LogP) is 4.55. The van der Waals surface area contributed by atoms with E-state index >= 15 is 0 Å². The minimum Gasteiger partial charge on any atom is -0.465 e. The lowest BCUT2D eigenvalue weighted by atomic mass is 10.1. The molecule has 3 nitrogen and oxygen atoms in total. The summed E-state index contributed by atoms with van der Waals surface area (Å²) in [5.74, 6) is 0.861. The molecule has 0 bridgehead atoms. The van der Waals surface area contributed by atoms with Crippen LogP contribution in [0.5, 0.6) is 0 Å². The summed E-state index contributed by atoms with van der Waals surface area (Å²) >= 11 is 0. The maximum Gasteiger partial charge on any atom is 0.170 e. The Morgan fingerprint density at radius 3 is 2.30 bits per heavy atom. The first-order chi connectivity index (χ1) is 11.4. The Morgan fingerprint density at radius 1 is 0.870 bits per heavy atom. The van der Waals surface area contributed by atoms with Crippen LogP contribution in [0.4, 0.5) is 0 Å². The van der Waals surface area contributed by atoms with Crippen LogP contribution in [-0.2, 0) is 11.3 Å². The normalized spacial score (nSPS) is 21.6. The summed E-state index contributed by atoms with van der Waals surface area (Å²) in [6, 6.07) is 25.2. The van der Waals surface area contributed by atoms with E-state index in [1.54, 1.807) is 6.26 Å². The third-order valence-electron chi connectivity index (χ3n) is 4.29. The largest absolute Gasteiger partial charge is 0.465 e. The number of rotatable bonds is 4. The first kappa shape index (κ1) is 14.2. The summed E-state index contributed by atoms with van der Waals surface area (Å²) in [6.07, 6.45) is 1.56. The van der Waals surface area contributed by atoms with Gasteiger partial charge in [-0.2, -0.15) is 0 Å². The van der Waals surface area contributed by atoms with E-state index in [4.69, 9.17) is 9.15 Å². The second kappa shape index (κ2) is 6.41. The van der Waals surface area contributed by atoms with Crippen LogP contribution in [0.25, 0.3) is 0 Å². The van der Waals surface area contributed by atoms with E-state index in [9.17, 15) is 0 Å². The minimum absolute atomic E-state index is 0.143. The van der Waals surface area contributed by atoms with Crippen molar-refractivity contribution in [1.82, 2.24) is 4.90 Å². The van der Waals surface area contributed by atoms with Gasteiger partial charge in [-0.1, -0.05) is 60.7 Å². The molecule has 2 atom stereocenters. The molecule has 0 amide bonds. The summed E-state index contributed by atoms with van der Waals surface area (Å²) in [6.45, 7) is 1.49. The van der Waals surface area contributed by atoms with E-state index in [2.05, 4.69) is 53.4 Å². The molecule has 1 aliphatic heterocycles. The van der Waals surface area contributed by atoms with Gasteiger partial charge < -0.3 is 9.15 Å². The van der Waals surface area contributed by atoms with Crippen molar-refractivity contribution in [2.24, 2.45) is 0 Å². The molecule has 0 spiro atoms. The molecule has 3 aromatic rings. The van der Waals surface area contributed by atoms with Crippen molar-refractivity contribution < 1.29 is 9.15 Å². The number of ether oxygens (including phenoxy) is 1. The molecule has 2 heterocycles. The maximum absolute atomic E-state index is 6.08. The summed E-state index contributed by atoms with van der Waals surface area (Å²) in [7, 11) is 0. The van der Waals surface area contributed by atoms with Crippen LogP contribution < -0.4 is 0 Å². The molecule has 2 aromatic carbocycles. The molecule has 1 aliphatic rings. The van der Waals surface area contributed by atoms with E-state index in [0.29, 0.717) is 6.61 Å². The Hall–Kier alpha value is -2.36. The van der Waals surface area contributed by atoms with Gasteiger partial charge in [0.2, 0.25) is 0 Å². The minimum atomic E-state index is -0.143. The Balaban J connectivity index is 1.66. The highest BCUT2D eigenvalue weighted by Crippen LogP contribution is 2.39. The van der Waals surface area contributed by atoms with Crippen LogP contribution in [0.3, 0.4) is 0 Å². The van der Waals surface area contributed by atoms with Crippen LogP contribution in [0.1, 0.15) is 29.2 Å². The number of furan rings is 1. The summed E-state index contributed by atoms with van der Waals surface area (Å²) in [5, 5.41) is 0. The average Bonchev–Trinajstić information content (AvgIpc) is 3.26. The molecular formula is C20H19NO2. The predicted molar refractivity (Wildman–Crippen MR) is 88.6 cm³/mol. The van der Waals surface area contributed by atoms with Gasteiger partial charge in [0.05, 0.1) is 18.9 Å². The highest BCUT2D eigenvalue weighted by Gasteiger charge is 2.37. The van der Waals surface area contributed by atoms with Gasteiger partial charge in [0.25, 0.3) is 0 Å². The molecule has 4 rings (SSSR count). The van der Waals surface area contributed by atoms with Crippen LogP contribution in [0.15, 0.2) is 83.5 Å². The third kappa shape index (κ3) is 2.93. The topological polar surface area (TPSA) is 25.6 Å². The molecule has 116 valence electrons. The lowest BCUT2D eigenvalue weighted by Crippen LogP contribution is -2.26. The second-order valence-electron chi connectivity index (χ2n) is 5.79. The lowest BCUT2D eigenvalue weighted by molar-refractivity contribution is 0.00765. The number of nitrogens with zero attached hydrogens (tertiary/aromatic N) is 1. The first-order valence-electron chi connectivity index (χ1n) is 7.91. The zero-order valence-electron chi connectivity index (χ0n) is 12.8. The SMILES string of the molecule is c1ccc(CN2[C@@H](c3ccco3)OC[C@H]2c2ccccc2)cc1. The molecule has 1 saturated heterocycles. The van der Waals surface area contributed by atoms with E-state index in [0.717, 1.165) is 12.3 Å². The van der Waals surface area contributed by atoms with Crippen molar-refractivity contribution in [3.63, 3.8) is 0 Å². The molecule has 0 saturated carbocycles. The van der Waals surface area contributed by atoms with E-state index in [1.807, 2.05) is 24.3 Å². The quantitative estimate of drug-likeness (QED) is 0.707. The smallest absolute Gasteiger partial charge is 0.170 e. The molecule has 0 unspecified atom stereocenters. The second-order valence-corrected chi connectivity index (χ2v) is 5.79. The highest BCUT2D eigenvalue weighted by atomic mass is 16.5. The highest BCUT2D eigenvalue weighted by molar-refractivity contribution is 5.22. The van der Waals surface area contributed by atoms with Crippen molar-refractivity contribution in [2.75, 3.05) is 6.61 Å². The van der Waals surface area contributed by atoms with Gasteiger partial charge >= 0.3 is 0 Å². The van der Waals surface area contributed by atoms with Crippen molar-refractivity contribution in [1.29, 1.82) is 0 Å². The fourth-order valence-corrected chi connectivity index (χ4v) is 3.16. The van der Waals surface area contributed by atoms with Crippen molar-refractivity contribution in [3.05, 3.63) is 95.9 Å². The zero-order valence-corrected chi connectivity index (χ0v) is 12.8. The molecular weight excluding hydrogens is 286 g/mol. The molecule has 0 radical (unpaired) electrons. The third-order valence-corrected chi connectivity index (χ3v) is 4.29. The number of hydrogen-bond acceptors (Lipinski definition) is 3. The van der Waals surface area contributed by atoms with Gasteiger partial charge in [0.1, 0.15) is 5.76 Å². The Labute approximate surface area is 136 Å². The fraction of sp³-hybridized carbons (Fsp3) is 0.200. The van der Waals surface area contributed by atoms with Gasteiger partial charge in [0.15, 0.2) is 6.23 Å².